The summed E-state index contributed by atoms with van der Waals surface area (Å²) in [7, 11) is 3.07. The summed E-state index contributed by atoms with van der Waals surface area (Å²) in [5.74, 6) is 0.904. The highest BCUT2D eigenvalue weighted by atomic mass is 16.5. The monoisotopic (exact) mass is 346 g/mol. The van der Waals surface area contributed by atoms with Gasteiger partial charge in [0, 0.05) is 0 Å². The number of ether oxygens (including phenoxy) is 2. The molecule has 0 aliphatic heterocycles. The first-order valence-electron chi connectivity index (χ1n) is 8.35. The first-order chi connectivity index (χ1) is 12.7. The van der Waals surface area contributed by atoms with Crippen molar-refractivity contribution in [2.24, 2.45) is 0 Å². The lowest BCUT2D eigenvalue weighted by atomic mass is 10.0. The summed E-state index contributed by atoms with van der Waals surface area (Å²) >= 11 is 0. The number of hydrogen-bond acceptors (Lipinski definition) is 4. The Hall–Kier alpha value is -3.27. The second kappa shape index (κ2) is 6.56. The highest BCUT2D eigenvalue weighted by Crippen LogP contribution is 2.34. The molecule has 0 saturated heterocycles. The lowest BCUT2D eigenvalue weighted by Gasteiger charge is -2.11. The summed E-state index contributed by atoms with van der Waals surface area (Å²) < 4.78 is 16.7. The Morgan fingerprint density at radius 2 is 1.62 bits per heavy atom. The summed E-state index contributed by atoms with van der Waals surface area (Å²) in [4.78, 5) is 13.1. The van der Waals surface area contributed by atoms with Crippen molar-refractivity contribution in [1.29, 1.82) is 0 Å². The van der Waals surface area contributed by atoms with Gasteiger partial charge >= 0.3 is 0 Å². The molecule has 0 N–H and O–H groups in total. The molecule has 4 rings (SSSR count). The molecule has 0 bridgehead atoms. The van der Waals surface area contributed by atoms with Gasteiger partial charge in [-0.05, 0) is 41.8 Å². The smallest absolute Gasteiger partial charge is 0.204 e. The normalized spacial score (nSPS) is 11.0. The first-order valence-corrected chi connectivity index (χ1v) is 8.35. The highest BCUT2D eigenvalue weighted by molar-refractivity contribution is 5.94. The Balaban J connectivity index is 1.93. The maximum Gasteiger partial charge on any atom is 0.204 e. The molecule has 0 aliphatic rings. The molecule has 0 radical (unpaired) electrons. The summed E-state index contributed by atoms with van der Waals surface area (Å²) in [5, 5.41) is 0.939. The van der Waals surface area contributed by atoms with E-state index in [1.807, 2.05) is 36.4 Å². The maximum absolute atomic E-state index is 13.1. The average molecular weight is 346 g/mol. The van der Waals surface area contributed by atoms with Crippen LogP contribution in [0.2, 0.25) is 0 Å². The Labute approximate surface area is 150 Å². The van der Waals surface area contributed by atoms with E-state index in [0.29, 0.717) is 33.4 Å². The van der Waals surface area contributed by atoms with E-state index in [4.69, 9.17) is 13.9 Å². The van der Waals surface area contributed by atoms with Crippen LogP contribution < -0.4 is 14.9 Å². The van der Waals surface area contributed by atoms with Crippen molar-refractivity contribution in [1.82, 2.24) is 0 Å². The lowest BCUT2D eigenvalue weighted by molar-refractivity contribution is 0.358. The lowest BCUT2D eigenvalue weighted by Crippen LogP contribution is -2.06. The van der Waals surface area contributed by atoms with Gasteiger partial charge in [0.05, 0.1) is 19.6 Å². The quantitative estimate of drug-likeness (QED) is 0.509. The van der Waals surface area contributed by atoms with Gasteiger partial charge in [-0.2, -0.15) is 0 Å². The Kier molecular flexibility index (Phi) is 4.09. The van der Waals surface area contributed by atoms with Crippen LogP contribution in [0, 0.1) is 0 Å². The summed E-state index contributed by atoms with van der Waals surface area (Å²) in [6.45, 7) is 0. The minimum absolute atomic E-state index is 0.119. The van der Waals surface area contributed by atoms with Crippen LogP contribution in [0.25, 0.3) is 21.9 Å². The highest BCUT2D eigenvalue weighted by Gasteiger charge is 2.16. The van der Waals surface area contributed by atoms with Crippen LogP contribution in [0.5, 0.6) is 11.5 Å². The van der Waals surface area contributed by atoms with Crippen molar-refractivity contribution < 1.29 is 13.9 Å². The van der Waals surface area contributed by atoms with Gasteiger partial charge in [-0.3, -0.25) is 4.79 Å². The fraction of sp³-hybridized carbons (Fsp3) is 0.136. The predicted octanol–water partition coefficient (Wildman–Crippen LogP) is 4.55. The van der Waals surface area contributed by atoms with E-state index < -0.39 is 0 Å². The third-order valence-electron chi connectivity index (χ3n) is 4.49. The average Bonchev–Trinajstić information content (AvgIpc) is 2.68. The molecule has 0 unspecified atom stereocenters. The molecular weight excluding hydrogens is 328 g/mol. The van der Waals surface area contributed by atoms with Crippen molar-refractivity contribution in [2.45, 2.75) is 6.42 Å². The molecule has 1 aromatic heterocycles. The van der Waals surface area contributed by atoms with Crippen LogP contribution in [0.4, 0.5) is 0 Å². The van der Waals surface area contributed by atoms with E-state index in [9.17, 15) is 4.79 Å². The van der Waals surface area contributed by atoms with Crippen molar-refractivity contribution in [2.75, 3.05) is 14.2 Å². The van der Waals surface area contributed by atoms with E-state index in [1.165, 1.54) is 12.7 Å². The first kappa shape index (κ1) is 16.2. The van der Waals surface area contributed by atoms with Gasteiger partial charge in [0.2, 0.25) is 5.43 Å². The summed E-state index contributed by atoms with van der Waals surface area (Å²) in [6.07, 6.45) is 0.753. The Bertz CT molecular complexity index is 1140. The standard InChI is InChI=1S/C22H18O4/c1-24-19-11-10-18-20(22(19)25-2)21(23)16-13-15(8-9-17(16)26-18)12-14-6-4-3-5-7-14/h3-11,13H,12H2,1-2H3. The number of fused-ring (bicyclic) bond motifs is 2. The maximum atomic E-state index is 13.1. The second-order valence-corrected chi connectivity index (χ2v) is 6.10. The fourth-order valence-electron chi connectivity index (χ4n) is 3.25. The van der Waals surface area contributed by atoms with Crippen LogP contribution in [-0.2, 0) is 6.42 Å². The van der Waals surface area contributed by atoms with Gasteiger partial charge < -0.3 is 13.9 Å². The minimum atomic E-state index is -0.119. The molecule has 4 heteroatoms. The van der Waals surface area contributed by atoms with Gasteiger partial charge in [-0.15, -0.1) is 0 Å². The molecule has 4 aromatic rings. The Morgan fingerprint density at radius 3 is 2.35 bits per heavy atom. The second-order valence-electron chi connectivity index (χ2n) is 6.10. The Morgan fingerprint density at radius 1 is 0.846 bits per heavy atom. The van der Waals surface area contributed by atoms with E-state index in [1.54, 1.807) is 19.2 Å². The molecule has 1 heterocycles. The van der Waals surface area contributed by atoms with Crippen LogP contribution >= 0.6 is 0 Å². The fourth-order valence-corrected chi connectivity index (χ4v) is 3.25. The van der Waals surface area contributed by atoms with E-state index in [2.05, 4.69) is 12.1 Å². The predicted molar refractivity (Wildman–Crippen MR) is 102 cm³/mol. The molecule has 130 valence electrons. The van der Waals surface area contributed by atoms with Gasteiger partial charge in [0.15, 0.2) is 11.5 Å². The summed E-state index contributed by atoms with van der Waals surface area (Å²) in [5.41, 5.74) is 3.17. The van der Waals surface area contributed by atoms with Crippen LogP contribution in [0.1, 0.15) is 11.1 Å². The zero-order chi connectivity index (χ0) is 18.1. The number of benzene rings is 3. The molecule has 0 amide bonds. The van der Waals surface area contributed by atoms with Gasteiger partial charge in [0.1, 0.15) is 16.6 Å². The van der Waals surface area contributed by atoms with Crippen LogP contribution in [0.15, 0.2) is 69.9 Å². The van der Waals surface area contributed by atoms with Crippen LogP contribution in [-0.4, -0.2) is 14.2 Å². The molecule has 0 aliphatic carbocycles. The molecule has 26 heavy (non-hydrogen) atoms. The van der Waals surface area contributed by atoms with Gasteiger partial charge in [-0.25, -0.2) is 0 Å². The van der Waals surface area contributed by atoms with Gasteiger partial charge in [-0.1, -0.05) is 36.4 Å². The summed E-state index contributed by atoms with van der Waals surface area (Å²) in [6, 6.07) is 19.4. The SMILES string of the molecule is COc1ccc2oc3ccc(Cc4ccccc4)cc3c(=O)c2c1OC. The molecule has 3 aromatic carbocycles. The zero-order valence-corrected chi connectivity index (χ0v) is 14.6. The molecule has 0 spiro atoms. The molecule has 0 fully saturated rings. The third kappa shape index (κ3) is 2.69. The minimum Gasteiger partial charge on any atom is -0.493 e. The van der Waals surface area contributed by atoms with Gasteiger partial charge in [0.25, 0.3) is 0 Å². The van der Waals surface area contributed by atoms with Crippen molar-refractivity contribution in [3.63, 3.8) is 0 Å². The van der Waals surface area contributed by atoms with E-state index in [-0.39, 0.29) is 5.43 Å². The number of hydrogen-bond donors (Lipinski definition) is 0. The largest absolute Gasteiger partial charge is 0.493 e. The number of rotatable bonds is 4. The van der Waals surface area contributed by atoms with E-state index in [0.717, 1.165) is 12.0 Å². The van der Waals surface area contributed by atoms with E-state index >= 15 is 0 Å². The molecule has 0 saturated carbocycles. The van der Waals surface area contributed by atoms with Crippen molar-refractivity contribution in [3.8, 4) is 11.5 Å². The molecule has 0 atom stereocenters. The van der Waals surface area contributed by atoms with Crippen LogP contribution in [0.3, 0.4) is 0 Å². The zero-order valence-electron chi connectivity index (χ0n) is 14.6. The molecule has 4 nitrogen and oxygen atoms in total. The molecular formula is C22H18O4. The topological polar surface area (TPSA) is 48.7 Å². The van der Waals surface area contributed by atoms with Crippen molar-refractivity contribution >= 4 is 21.9 Å². The number of methoxy groups -OCH3 is 2. The third-order valence-corrected chi connectivity index (χ3v) is 4.49. The van der Waals surface area contributed by atoms with Crippen molar-refractivity contribution in [3.05, 3.63) is 82.0 Å².